The predicted molar refractivity (Wildman–Crippen MR) is 92.3 cm³/mol. The number of benzene rings is 1. The summed E-state index contributed by atoms with van der Waals surface area (Å²) in [7, 11) is 0. The van der Waals surface area contributed by atoms with E-state index in [0.717, 1.165) is 13.0 Å². The van der Waals surface area contributed by atoms with Crippen molar-refractivity contribution in [3.05, 3.63) is 60.7 Å². The molecule has 0 saturated heterocycles. The van der Waals surface area contributed by atoms with Crippen LogP contribution in [0.1, 0.15) is 51.0 Å². The zero-order chi connectivity index (χ0) is 14.9. The van der Waals surface area contributed by atoms with E-state index in [4.69, 9.17) is 0 Å². The van der Waals surface area contributed by atoms with E-state index in [2.05, 4.69) is 60.9 Å². The lowest BCUT2D eigenvalue weighted by molar-refractivity contribution is 0.125. The number of nitrogens with zero attached hydrogens (tertiary/aromatic N) is 1. The summed E-state index contributed by atoms with van der Waals surface area (Å²) in [5.74, 6) is 0. The number of unbranched alkanes of at least 4 members (excludes halogenated alkanes) is 1. The first-order valence-electron chi connectivity index (χ1n) is 8.42. The van der Waals surface area contributed by atoms with Crippen LogP contribution in [0.15, 0.2) is 55.1 Å². The van der Waals surface area contributed by atoms with Gasteiger partial charge in [0.2, 0.25) is 0 Å². The van der Waals surface area contributed by atoms with Crippen molar-refractivity contribution in [3.8, 4) is 0 Å². The molecule has 1 aliphatic rings. The molecule has 0 aliphatic carbocycles. The van der Waals surface area contributed by atoms with Gasteiger partial charge in [0.05, 0.1) is 0 Å². The molecule has 2 rings (SSSR count). The molecule has 0 radical (unpaired) electrons. The number of hydrogen-bond acceptors (Lipinski definition) is 1. The minimum absolute atomic E-state index is 0.593. The first-order chi connectivity index (χ1) is 10.3. The molecular weight excluding hydrogens is 254 g/mol. The lowest BCUT2D eigenvalue weighted by atomic mass is 9.95. The Morgan fingerprint density at radius 1 is 1.24 bits per heavy atom. The fourth-order valence-electron chi connectivity index (χ4n) is 3.30. The summed E-state index contributed by atoms with van der Waals surface area (Å²) in [6, 6.07) is 12.2. The molecule has 21 heavy (non-hydrogen) atoms. The summed E-state index contributed by atoms with van der Waals surface area (Å²) in [5.41, 5.74) is 1.43. The fraction of sp³-hybridized carbons (Fsp3) is 0.500. The van der Waals surface area contributed by atoms with Gasteiger partial charge in [-0.15, -0.1) is 6.58 Å². The maximum atomic E-state index is 3.84. The van der Waals surface area contributed by atoms with E-state index < -0.39 is 0 Å². The van der Waals surface area contributed by atoms with E-state index in [0.29, 0.717) is 12.1 Å². The molecule has 2 atom stereocenters. The Morgan fingerprint density at radius 2 is 2.05 bits per heavy atom. The molecule has 0 fully saturated rings. The molecule has 0 spiro atoms. The van der Waals surface area contributed by atoms with Gasteiger partial charge < -0.3 is 0 Å². The van der Waals surface area contributed by atoms with Gasteiger partial charge in [0.15, 0.2) is 0 Å². The zero-order valence-corrected chi connectivity index (χ0v) is 13.4. The van der Waals surface area contributed by atoms with E-state index in [-0.39, 0.29) is 0 Å². The van der Waals surface area contributed by atoms with Crippen LogP contribution in [-0.4, -0.2) is 17.0 Å². The van der Waals surface area contributed by atoms with E-state index in [1.54, 1.807) is 0 Å². The normalized spacial score (nSPS) is 22.3. The number of allylic oxidation sites excluding steroid dienone is 1. The lowest BCUT2D eigenvalue weighted by Gasteiger charge is -2.39. The van der Waals surface area contributed by atoms with Crippen LogP contribution in [0.4, 0.5) is 0 Å². The SMILES string of the molecule is C=CCCC[C@H]1C=CC[C@@H](CCC)N1Cc1ccccc1. The number of rotatable bonds is 8. The molecule has 0 unspecified atom stereocenters. The standard InChI is InChI=1S/C20H29N/c1-3-5-7-14-20-16-10-15-19(11-4-2)21(20)17-18-12-8-6-9-13-18/h3,6,8-10,12-13,16,19-20H,1,4-5,7,11,14-15,17H2,2H3/t19-,20+/m1/s1. The smallest absolute Gasteiger partial charge is 0.0284 e. The molecule has 0 bridgehead atoms. The molecule has 1 aliphatic heterocycles. The van der Waals surface area contributed by atoms with E-state index in [1.807, 2.05) is 6.08 Å². The fourth-order valence-corrected chi connectivity index (χ4v) is 3.30. The van der Waals surface area contributed by atoms with Gasteiger partial charge in [-0.2, -0.15) is 0 Å². The van der Waals surface area contributed by atoms with Crippen LogP contribution in [0.5, 0.6) is 0 Å². The first kappa shape index (κ1) is 16.0. The summed E-state index contributed by atoms with van der Waals surface area (Å²) < 4.78 is 0. The average molecular weight is 283 g/mol. The second-order valence-electron chi connectivity index (χ2n) is 6.05. The molecular formula is C20H29N. The highest BCUT2D eigenvalue weighted by atomic mass is 15.2. The summed E-state index contributed by atoms with van der Waals surface area (Å²) >= 11 is 0. The minimum atomic E-state index is 0.593. The van der Waals surface area contributed by atoms with Crippen molar-refractivity contribution in [1.29, 1.82) is 0 Å². The van der Waals surface area contributed by atoms with Crippen LogP contribution >= 0.6 is 0 Å². The van der Waals surface area contributed by atoms with Gasteiger partial charge in [-0.25, -0.2) is 0 Å². The highest BCUT2D eigenvalue weighted by Gasteiger charge is 2.26. The molecule has 1 heteroatoms. The Labute approximate surface area is 130 Å². The summed E-state index contributed by atoms with van der Waals surface area (Å²) in [6.45, 7) is 7.22. The molecule has 1 nitrogen and oxygen atoms in total. The Morgan fingerprint density at radius 3 is 2.76 bits per heavy atom. The molecule has 0 amide bonds. The molecule has 1 aromatic rings. The number of hydrogen-bond donors (Lipinski definition) is 0. The van der Waals surface area contributed by atoms with Crippen LogP contribution < -0.4 is 0 Å². The zero-order valence-electron chi connectivity index (χ0n) is 13.4. The predicted octanol–water partition coefficient (Wildman–Crippen LogP) is 5.34. The van der Waals surface area contributed by atoms with Gasteiger partial charge in [0.1, 0.15) is 0 Å². The maximum Gasteiger partial charge on any atom is 0.0284 e. The van der Waals surface area contributed by atoms with E-state index >= 15 is 0 Å². The van der Waals surface area contributed by atoms with Gasteiger partial charge in [-0.05, 0) is 37.7 Å². The third-order valence-corrected chi connectivity index (χ3v) is 4.40. The topological polar surface area (TPSA) is 3.24 Å². The minimum Gasteiger partial charge on any atom is -0.289 e. The van der Waals surface area contributed by atoms with E-state index in [1.165, 1.54) is 37.7 Å². The van der Waals surface area contributed by atoms with Gasteiger partial charge in [-0.1, -0.05) is 61.9 Å². The monoisotopic (exact) mass is 283 g/mol. The van der Waals surface area contributed by atoms with Crippen LogP contribution in [0.25, 0.3) is 0 Å². The Hall–Kier alpha value is -1.34. The van der Waals surface area contributed by atoms with Crippen molar-refractivity contribution in [2.45, 2.75) is 64.1 Å². The van der Waals surface area contributed by atoms with Crippen molar-refractivity contribution >= 4 is 0 Å². The molecule has 0 saturated carbocycles. The Balaban J connectivity index is 2.06. The second kappa shape index (κ2) is 8.84. The van der Waals surface area contributed by atoms with Crippen molar-refractivity contribution in [2.24, 2.45) is 0 Å². The Bertz CT molecular complexity index is 434. The molecule has 0 N–H and O–H groups in total. The molecule has 1 aromatic carbocycles. The molecule has 0 aromatic heterocycles. The van der Waals surface area contributed by atoms with Crippen molar-refractivity contribution in [1.82, 2.24) is 4.90 Å². The highest BCUT2D eigenvalue weighted by Crippen LogP contribution is 2.26. The summed E-state index contributed by atoms with van der Waals surface area (Å²) in [5, 5.41) is 0. The van der Waals surface area contributed by atoms with Crippen LogP contribution in [0.3, 0.4) is 0 Å². The summed E-state index contributed by atoms with van der Waals surface area (Å²) in [6.07, 6.45) is 14.3. The van der Waals surface area contributed by atoms with Crippen molar-refractivity contribution < 1.29 is 0 Å². The molecule has 114 valence electrons. The average Bonchev–Trinajstić information content (AvgIpc) is 2.52. The first-order valence-corrected chi connectivity index (χ1v) is 8.42. The van der Waals surface area contributed by atoms with Crippen molar-refractivity contribution in [2.75, 3.05) is 0 Å². The van der Waals surface area contributed by atoms with Crippen LogP contribution in [0.2, 0.25) is 0 Å². The second-order valence-corrected chi connectivity index (χ2v) is 6.05. The summed E-state index contributed by atoms with van der Waals surface area (Å²) in [4.78, 5) is 2.72. The largest absolute Gasteiger partial charge is 0.289 e. The van der Waals surface area contributed by atoms with Crippen LogP contribution in [0, 0.1) is 0 Å². The van der Waals surface area contributed by atoms with Gasteiger partial charge in [0.25, 0.3) is 0 Å². The maximum absolute atomic E-state index is 3.84. The quantitative estimate of drug-likeness (QED) is 0.459. The van der Waals surface area contributed by atoms with Gasteiger partial charge in [0, 0.05) is 18.6 Å². The molecule has 1 heterocycles. The third kappa shape index (κ3) is 4.86. The van der Waals surface area contributed by atoms with Gasteiger partial charge >= 0.3 is 0 Å². The van der Waals surface area contributed by atoms with Gasteiger partial charge in [-0.3, -0.25) is 4.90 Å². The van der Waals surface area contributed by atoms with E-state index in [9.17, 15) is 0 Å². The third-order valence-electron chi connectivity index (χ3n) is 4.40. The lowest BCUT2D eigenvalue weighted by Crippen LogP contribution is -2.43. The highest BCUT2D eigenvalue weighted by molar-refractivity contribution is 5.16. The van der Waals surface area contributed by atoms with Crippen LogP contribution in [-0.2, 0) is 6.54 Å². The van der Waals surface area contributed by atoms with Crippen molar-refractivity contribution in [3.63, 3.8) is 0 Å². The Kier molecular flexibility index (Phi) is 6.75.